The largest absolute Gasteiger partial charge is 0.384 e. The molecule has 0 bridgehead atoms. The van der Waals surface area contributed by atoms with Crippen LogP contribution in [-0.4, -0.2) is 75.6 Å². The lowest BCUT2D eigenvalue weighted by molar-refractivity contribution is 0.168. The van der Waals surface area contributed by atoms with Crippen molar-refractivity contribution in [2.24, 2.45) is 0 Å². The van der Waals surface area contributed by atoms with Gasteiger partial charge in [-0.2, -0.15) is 9.97 Å². The van der Waals surface area contributed by atoms with Crippen molar-refractivity contribution in [3.63, 3.8) is 0 Å². The van der Waals surface area contributed by atoms with E-state index < -0.39 is 5.69 Å². The zero-order chi connectivity index (χ0) is 27.0. The summed E-state index contributed by atoms with van der Waals surface area (Å²) in [5.41, 5.74) is 7.85. The first kappa shape index (κ1) is 25.6. The van der Waals surface area contributed by atoms with Crippen LogP contribution >= 0.6 is 23.2 Å². The third kappa shape index (κ3) is 4.90. The monoisotopic (exact) mass is 553 g/mol. The predicted octanol–water partition coefficient (Wildman–Crippen LogP) is 3.61. The van der Waals surface area contributed by atoms with Gasteiger partial charge in [0.25, 0.3) is 0 Å². The molecule has 1 aliphatic heterocycles. The summed E-state index contributed by atoms with van der Waals surface area (Å²) < 4.78 is 1.15. The van der Waals surface area contributed by atoms with Gasteiger partial charge < -0.3 is 25.8 Å². The SMILES string of the molecule is CN(C)C(=O)N1CCN(c2ccc(Nc3ncc4c(N)n(-c5c(Cl)cccc5Cl)c(=O)nc4n3)cc2)CC1. The van der Waals surface area contributed by atoms with Gasteiger partial charge in [-0.05, 0) is 36.4 Å². The molecular formula is C25H25Cl2N9O2. The number of piperazine rings is 1. The fraction of sp³-hybridized carbons (Fsp3) is 0.240. The molecule has 2 aromatic carbocycles. The maximum atomic E-state index is 12.9. The van der Waals surface area contributed by atoms with Gasteiger partial charge in [-0.25, -0.2) is 19.1 Å². The topological polar surface area (TPSA) is 126 Å². The third-order valence-corrected chi connectivity index (χ3v) is 6.87. The Morgan fingerprint density at radius 3 is 2.29 bits per heavy atom. The van der Waals surface area contributed by atoms with Crippen LogP contribution in [0.15, 0.2) is 53.5 Å². The number of urea groups is 1. The fourth-order valence-corrected chi connectivity index (χ4v) is 4.87. The van der Waals surface area contributed by atoms with Crippen LogP contribution in [0, 0.1) is 0 Å². The smallest absolute Gasteiger partial charge is 0.355 e. The molecule has 0 radical (unpaired) electrons. The molecule has 0 atom stereocenters. The van der Waals surface area contributed by atoms with E-state index in [1.165, 1.54) is 6.20 Å². The zero-order valence-corrected chi connectivity index (χ0v) is 22.2. The van der Waals surface area contributed by atoms with Gasteiger partial charge in [0.2, 0.25) is 5.95 Å². The Kier molecular flexibility index (Phi) is 6.96. The van der Waals surface area contributed by atoms with Crippen molar-refractivity contribution in [2.45, 2.75) is 0 Å². The molecule has 3 N–H and O–H groups in total. The van der Waals surface area contributed by atoms with Gasteiger partial charge >= 0.3 is 11.7 Å². The van der Waals surface area contributed by atoms with E-state index in [0.717, 1.165) is 29.0 Å². The lowest BCUT2D eigenvalue weighted by Crippen LogP contribution is -2.51. The van der Waals surface area contributed by atoms with E-state index in [9.17, 15) is 9.59 Å². The predicted molar refractivity (Wildman–Crippen MR) is 150 cm³/mol. The number of fused-ring (bicyclic) bond motifs is 1. The number of anilines is 4. The first-order valence-corrected chi connectivity index (χ1v) is 12.6. The molecule has 0 unspecified atom stereocenters. The Morgan fingerprint density at radius 1 is 1.00 bits per heavy atom. The van der Waals surface area contributed by atoms with Gasteiger partial charge in [-0.1, -0.05) is 29.3 Å². The molecule has 1 fully saturated rings. The van der Waals surface area contributed by atoms with E-state index in [2.05, 4.69) is 25.2 Å². The van der Waals surface area contributed by atoms with Crippen LogP contribution in [0.2, 0.25) is 10.0 Å². The first-order chi connectivity index (χ1) is 18.2. The van der Waals surface area contributed by atoms with Crippen LogP contribution in [-0.2, 0) is 0 Å². The highest BCUT2D eigenvalue weighted by Gasteiger charge is 2.22. The second kappa shape index (κ2) is 10.3. The number of carbonyl (C=O) groups is 1. The highest BCUT2D eigenvalue weighted by atomic mass is 35.5. The van der Waals surface area contributed by atoms with Gasteiger partial charge in [0, 0.05) is 57.8 Å². The van der Waals surface area contributed by atoms with Crippen LogP contribution in [0.4, 0.5) is 27.9 Å². The number of nitrogens with two attached hydrogens (primary N) is 1. The van der Waals surface area contributed by atoms with E-state index >= 15 is 0 Å². The van der Waals surface area contributed by atoms with Crippen molar-refractivity contribution in [2.75, 3.05) is 56.2 Å². The number of para-hydroxylation sites is 1. The fourth-order valence-electron chi connectivity index (χ4n) is 4.31. The Hall–Kier alpha value is -4.09. The maximum Gasteiger partial charge on any atom is 0.355 e. The number of halogens is 2. The maximum absolute atomic E-state index is 12.9. The highest BCUT2D eigenvalue weighted by molar-refractivity contribution is 6.37. The molecule has 38 heavy (non-hydrogen) atoms. The number of nitrogens with zero attached hydrogens (tertiary/aromatic N) is 7. The molecule has 4 aromatic rings. The third-order valence-electron chi connectivity index (χ3n) is 6.26. The second-order valence-corrected chi connectivity index (χ2v) is 9.75. The van der Waals surface area contributed by atoms with Gasteiger partial charge in [0.05, 0.1) is 21.1 Å². The summed E-state index contributed by atoms with van der Waals surface area (Å²) in [5.74, 6) is 0.346. The van der Waals surface area contributed by atoms with Crippen LogP contribution in [0.1, 0.15) is 0 Å². The number of hydrogen-bond donors (Lipinski definition) is 2. The first-order valence-electron chi connectivity index (χ1n) is 11.8. The molecule has 5 rings (SSSR count). The number of carbonyl (C=O) groups excluding carboxylic acids is 1. The van der Waals surface area contributed by atoms with Crippen LogP contribution in [0.3, 0.4) is 0 Å². The van der Waals surface area contributed by atoms with E-state index in [1.54, 1.807) is 37.2 Å². The summed E-state index contributed by atoms with van der Waals surface area (Å²) in [7, 11) is 3.52. The standard InChI is InChI=1S/C25H25Cl2N9O2/c1-33(2)25(38)35-12-10-34(11-13-35)16-8-6-15(7-9-16)30-23-29-14-17-21(28)36(24(37)32-22(17)31-23)20-18(26)4-3-5-19(20)27/h3-9,14H,10-13,28H2,1-2H3,(H,30,31,32,37). The summed E-state index contributed by atoms with van der Waals surface area (Å²) >= 11 is 12.6. The van der Waals surface area contributed by atoms with E-state index in [4.69, 9.17) is 28.9 Å². The number of nitrogens with one attached hydrogen (secondary N) is 1. The molecule has 2 amide bonds. The van der Waals surface area contributed by atoms with Crippen LogP contribution < -0.4 is 21.6 Å². The second-order valence-electron chi connectivity index (χ2n) is 8.94. The molecule has 0 aliphatic carbocycles. The molecule has 11 nitrogen and oxygen atoms in total. The zero-order valence-electron chi connectivity index (χ0n) is 20.7. The number of benzene rings is 2. The summed E-state index contributed by atoms with van der Waals surface area (Å²) in [6, 6.07) is 12.7. The van der Waals surface area contributed by atoms with E-state index in [0.29, 0.717) is 18.5 Å². The summed E-state index contributed by atoms with van der Waals surface area (Å²) in [5, 5.41) is 4.04. The number of aromatic nitrogens is 4. The minimum Gasteiger partial charge on any atom is -0.384 e. The van der Waals surface area contributed by atoms with Crippen molar-refractivity contribution in [1.82, 2.24) is 29.3 Å². The summed E-state index contributed by atoms with van der Waals surface area (Å²) in [4.78, 5) is 43.5. The molecule has 3 heterocycles. The lowest BCUT2D eigenvalue weighted by Gasteiger charge is -2.37. The van der Waals surface area contributed by atoms with Gasteiger partial charge in [0.1, 0.15) is 5.82 Å². The van der Waals surface area contributed by atoms with Crippen LogP contribution in [0.5, 0.6) is 0 Å². The molecule has 0 spiro atoms. The summed E-state index contributed by atoms with van der Waals surface area (Å²) in [6.07, 6.45) is 1.50. The lowest BCUT2D eigenvalue weighted by atomic mass is 10.2. The number of hydrogen-bond acceptors (Lipinski definition) is 8. The van der Waals surface area contributed by atoms with Crippen molar-refractivity contribution in [1.29, 1.82) is 0 Å². The number of amides is 2. The van der Waals surface area contributed by atoms with Gasteiger partial charge in [0.15, 0.2) is 5.65 Å². The Balaban J connectivity index is 1.33. The molecule has 196 valence electrons. The number of rotatable bonds is 4. The molecular weight excluding hydrogens is 529 g/mol. The van der Waals surface area contributed by atoms with Crippen molar-refractivity contribution in [3.8, 4) is 5.69 Å². The Morgan fingerprint density at radius 2 is 1.66 bits per heavy atom. The molecule has 0 saturated carbocycles. The van der Waals surface area contributed by atoms with Crippen molar-refractivity contribution < 1.29 is 4.79 Å². The van der Waals surface area contributed by atoms with E-state index in [1.807, 2.05) is 29.2 Å². The number of nitrogen functional groups attached to an aromatic ring is 1. The van der Waals surface area contributed by atoms with Crippen LogP contribution in [0.25, 0.3) is 16.7 Å². The average molecular weight is 554 g/mol. The molecule has 2 aromatic heterocycles. The normalized spacial score (nSPS) is 13.6. The average Bonchev–Trinajstić information content (AvgIpc) is 2.90. The van der Waals surface area contributed by atoms with E-state index in [-0.39, 0.29) is 39.2 Å². The minimum absolute atomic E-state index is 0.0300. The summed E-state index contributed by atoms with van der Waals surface area (Å²) in [6.45, 7) is 2.85. The quantitative estimate of drug-likeness (QED) is 0.392. The van der Waals surface area contributed by atoms with Crippen molar-refractivity contribution >= 4 is 63.4 Å². The van der Waals surface area contributed by atoms with Crippen molar-refractivity contribution in [3.05, 3.63) is 69.2 Å². The Labute approximate surface area is 228 Å². The van der Waals surface area contributed by atoms with Gasteiger partial charge in [-0.15, -0.1) is 0 Å². The van der Waals surface area contributed by atoms with Gasteiger partial charge in [-0.3, -0.25) is 0 Å². The molecule has 1 aliphatic rings. The minimum atomic E-state index is -0.661. The Bertz CT molecular complexity index is 1550. The molecule has 13 heteroatoms. The molecule has 1 saturated heterocycles. The highest BCUT2D eigenvalue weighted by Crippen LogP contribution is 2.30.